The minimum atomic E-state index is -0.0693. The van der Waals surface area contributed by atoms with E-state index in [-0.39, 0.29) is 12.3 Å². The van der Waals surface area contributed by atoms with Gasteiger partial charge in [0.25, 0.3) is 0 Å². The highest BCUT2D eigenvalue weighted by Gasteiger charge is 2.09. The van der Waals surface area contributed by atoms with E-state index in [1.54, 1.807) is 23.7 Å². The van der Waals surface area contributed by atoms with Crippen molar-refractivity contribution >= 4 is 22.9 Å². The number of benzene rings is 1. The van der Waals surface area contributed by atoms with Crippen LogP contribution < -0.4 is 10.1 Å². The van der Waals surface area contributed by atoms with Crippen LogP contribution >= 0.6 is 11.3 Å². The predicted molar refractivity (Wildman–Crippen MR) is 104 cm³/mol. The van der Waals surface area contributed by atoms with Gasteiger partial charge in [-0.05, 0) is 55.3 Å². The van der Waals surface area contributed by atoms with Crippen molar-refractivity contribution in [2.75, 3.05) is 11.9 Å². The molecule has 6 heteroatoms. The lowest BCUT2D eigenvalue weighted by Gasteiger charge is -2.06. The van der Waals surface area contributed by atoms with Crippen LogP contribution in [0.5, 0.6) is 5.75 Å². The number of nitrogens with zero attached hydrogens (tertiary/aromatic N) is 2. The van der Waals surface area contributed by atoms with Gasteiger partial charge in [-0.25, -0.2) is 4.98 Å². The fraction of sp³-hybridized carbons (Fsp3) is 0.250. The van der Waals surface area contributed by atoms with Crippen molar-refractivity contribution in [1.82, 2.24) is 9.97 Å². The van der Waals surface area contributed by atoms with E-state index < -0.39 is 0 Å². The zero-order valence-corrected chi connectivity index (χ0v) is 15.5. The van der Waals surface area contributed by atoms with Gasteiger partial charge in [0.1, 0.15) is 5.75 Å². The lowest BCUT2D eigenvalue weighted by Crippen LogP contribution is -2.14. The van der Waals surface area contributed by atoms with Crippen LogP contribution in [0.1, 0.15) is 23.2 Å². The normalized spacial score (nSPS) is 10.5. The molecule has 0 radical (unpaired) electrons. The van der Waals surface area contributed by atoms with Gasteiger partial charge in [-0.3, -0.25) is 9.78 Å². The lowest BCUT2D eigenvalue weighted by molar-refractivity contribution is -0.115. The molecule has 1 N–H and O–H groups in total. The Morgan fingerprint density at radius 1 is 1.12 bits per heavy atom. The Bertz CT molecular complexity index is 832. The van der Waals surface area contributed by atoms with Gasteiger partial charge >= 0.3 is 0 Å². The fourth-order valence-corrected chi connectivity index (χ4v) is 3.31. The number of carbonyl (C=O) groups is 1. The first-order valence-corrected chi connectivity index (χ1v) is 9.46. The van der Waals surface area contributed by atoms with Gasteiger partial charge in [0.15, 0.2) is 0 Å². The van der Waals surface area contributed by atoms with Crippen molar-refractivity contribution in [1.29, 1.82) is 0 Å². The van der Waals surface area contributed by atoms with Crippen molar-refractivity contribution in [2.45, 2.75) is 26.2 Å². The minimum Gasteiger partial charge on any atom is -0.494 e. The third-order valence-electron chi connectivity index (χ3n) is 3.77. The molecule has 0 saturated heterocycles. The van der Waals surface area contributed by atoms with E-state index in [4.69, 9.17) is 4.74 Å². The summed E-state index contributed by atoms with van der Waals surface area (Å²) in [7, 11) is 0. The quantitative estimate of drug-likeness (QED) is 0.656. The number of hydrogen-bond acceptors (Lipinski definition) is 5. The summed E-state index contributed by atoms with van der Waals surface area (Å²) in [6.07, 6.45) is 5.67. The molecule has 3 rings (SSSR count). The first-order valence-electron chi connectivity index (χ1n) is 8.58. The zero-order chi connectivity index (χ0) is 18.2. The second-order valence-corrected chi connectivity index (χ2v) is 6.71. The first-order chi connectivity index (χ1) is 12.7. The number of aromatic nitrogens is 2. The van der Waals surface area contributed by atoms with Crippen LogP contribution in [0.4, 0.5) is 5.69 Å². The highest BCUT2D eigenvalue weighted by atomic mass is 32.1. The van der Waals surface area contributed by atoms with E-state index in [1.165, 1.54) is 5.56 Å². The van der Waals surface area contributed by atoms with Crippen molar-refractivity contribution in [2.24, 2.45) is 0 Å². The largest absolute Gasteiger partial charge is 0.494 e. The molecule has 5 nitrogen and oxygen atoms in total. The van der Waals surface area contributed by atoms with E-state index in [0.29, 0.717) is 6.61 Å². The minimum absolute atomic E-state index is 0.0693. The number of anilines is 1. The Kier molecular flexibility index (Phi) is 6.33. The maximum absolute atomic E-state index is 12.2. The molecule has 0 saturated carbocycles. The number of carbonyl (C=O) groups excluding carboxylic acids is 1. The predicted octanol–water partition coefficient (Wildman–Crippen LogP) is 3.90. The number of hydrogen-bond donors (Lipinski definition) is 1. The van der Waals surface area contributed by atoms with E-state index in [9.17, 15) is 4.79 Å². The Morgan fingerprint density at radius 2 is 1.88 bits per heavy atom. The number of nitrogens with one attached hydrogen (secondary N) is 1. The number of ether oxygens (including phenoxy) is 1. The molecule has 0 spiro atoms. The summed E-state index contributed by atoms with van der Waals surface area (Å²) in [5.74, 6) is 0.726. The van der Waals surface area contributed by atoms with Crippen LogP contribution in [0, 0.1) is 0 Å². The van der Waals surface area contributed by atoms with Gasteiger partial charge in [-0.1, -0.05) is 0 Å². The van der Waals surface area contributed by atoms with Crippen LogP contribution in [-0.4, -0.2) is 22.5 Å². The van der Waals surface area contributed by atoms with Crippen LogP contribution in [0.25, 0.3) is 0 Å². The van der Waals surface area contributed by atoms with E-state index in [0.717, 1.165) is 35.0 Å². The molecule has 3 aromatic rings. The first kappa shape index (κ1) is 18.1. The van der Waals surface area contributed by atoms with Gasteiger partial charge in [-0.15, -0.1) is 11.3 Å². The molecule has 0 aliphatic heterocycles. The number of aryl methyl sites for hydroxylation is 2. The molecular weight excluding hydrogens is 346 g/mol. The number of amides is 1. The summed E-state index contributed by atoms with van der Waals surface area (Å²) in [6, 6.07) is 11.4. The van der Waals surface area contributed by atoms with E-state index in [2.05, 4.69) is 15.3 Å². The summed E-state index contributed by atoms with van der Waals surface area (Å²) < 4.78 is 5.39. The Hall–Kier alpha value is -2.73. The molecule has 1 amide bonds. The van der Waals surface area contributed by atoms with Crippen molar-refractivity contribution < 1.29 is 9.53 Å². The monoisotopic (exact) mass is 367 g/mol. The summed E-state index contributed by atoms with van der Waals surface area (Å²) in [4.78, 5) is 20.8. The van der Waals surface area contributed by atoms with Crippen molar-refractivity contribution in [3.05, 3.63) is 70.4 Å². The highest BCUT2D eigenvalue weighted by Crippen LogP contribution is 2.17. The molecule has 0 fully saturated rings. The van der Waals surface area contributed by atoms with Crippen LogP contribution in [0.3, 0.4) is 0 Å². The van der Waals surface area contributed by atoms with Gasteiger partial charge < -0.3 is 10.1 Å². The van der Waals surface area contributed by atoms with Crippen molar-refractivity contribution in [3.8, 4) is 5.75 Å². The smallest absolute Gasteiger partial charge is 0.230 e. The lowest BCUT2D eigenvalue weighted by atomic mass is 10.1. The molecular formula is C20H21N3O2S. The van der Waals surface area contributed by atoms with Gasteiger partial charge in [-0.2, -0.15) is 0 Å². The molecule has 134 valence electrons. The molecule has 0 atom stereocenters. The molecule has 2 aromatic heterocycles. The van der Waals surface area contributed by atoms with E-state index >= 15 is 0 Å². The third-order valence-corrected chi connectivity index (χ3v) is 4.72. The second kappa shape index (κ2) is 9.10. The molecule has 0 aliphatic rings. The molecule has 26 heavy (non-hydrogen) atoms. The molecule has 2 heterocycles. The second-order valence-electron chi connectivity index (χ2n) is 5.77. The SMILES string of the molecule is CCOc1ccc(NC(=O)Cc2csc(CCc3ccncc3)n2)cc1. The number of rotatable bonds is 8. The zero-order valence-electron chi connectivity index (χ0n) is 14.6. The maximum atomic E-state index is 12.2. The van der Waals surface area contributed by atoms with Crippen LogP contribution in [0.2, 0.25) is 0 Å². The van der Waals surface area contributed by atoms with Gasteiger partial charge in [0.2, 0.25) is 5.91 Å². The van der Waals surface area contributed by atoms with Crippen LogP contribution in [0.15, 0.2) is 54.2 Å². The Morgan fingerprint density at radius 3 is 2.62 bits per heavy atom. The van der Waals surface area contributed by atoms with Crippen molar-refractivity contribution in [3.63, 3.8) is 0 Å². The average Bonchev–Trinajstić information content (AvgIpc) is 3.10. The average molecular weight is 367 g/mol. The Balaban J connectivity index is 1.49. The Labute approximate surface area is 157 Å². The fourth-order valence-electron chi connectivity index (χ4n) is 2.52. The third kappa shape index (κ3) is 5.39. The maximum Gasteiger partial charge on any atom is 0.230 e. The topological polar surface area (TPSA) is 64.1 Å². The van der Waals surface area contributed by atoms with Crippen LogP contribution in [-0.2, 0) is 24.1 Å². The summed E-state index contributed by atoms with van der Waals surface area (Å²) in [5, 5.41) is 5.89. The molecule has 0 unspecified atom stereocenters. The summed E-state index contributed by atoms with van der Waals surface area (Å²) in [5.41, 5.74) is 2.81. The molecule has 1 aromatic carbocycles. The van der Waals surface area contributed by atoms with Gasteiger partial charge in [0.05, 0.1) is 23.7 Å². The molecule has 0 bridgehead atoms. The highest BCUT2D eigenvalue weighted by molar-refractivity contribution is 7.09. The van der Waals surface area contributed by atoms with E-state index in [1.807, 2.05) is 48.7 Å². The summed E-state index contributed by atoms with van der Waals surface area (Å²) in [6.45, 7) is 2.56. The molecule has 0 aliphatic carbocycles. The number of thiazole rings is 1. The van der Waals surface area contributed by atoms with Gasteiger partial charge in [0, 0.05) is 29.9 Å². The standard InChI is InChI=1S/C20H21N3O2S/c1-2-25-18-6-4-16(5-7-18)22-19(24)13-17-14-26-20(23-17)8-3-15-9-11-21-12-10-15/h4-7,9-12,14H,2-3,8,13H2,1H3,(H,22,24). The number of pyridine rings is 1. The summed E-state index contributed by atoms with van der Waals surface area (Å²) >= 11 is 1.60.